The number of fused-ring (bicyclic) bond motifs is 1. The maximum atomic E-state index is 11.8. The van der Waals surface area contributed by atoms with Crippen LogP contribution >= 0.6 is 0 Å². The molecule has 1 aliphatic heterocycles. The molecule has 0 spiro atoms. The molecule has 35 heavy (non-hydrogen) atoms. The largest absolute Gasteiger partial charge is 0.383 e. The first-order valence-corrected chi connectivity index (χ1v) is 12.1. The highest BCUT2D eigenvalue weighted by Gasteiger charge is 2.24. The van der Waals surface area contributed by atoms with Gasteiger partial charge >= 0.3 is 0 Å². The zero-order chi connectivity index (χ0) is 24.5. The zero-order valence-electron chi connectivity index (χ0n) is 20.5. The number of hydrogen-bond acceptors (Lipinski definition) is 6. The van der Waals surface area contributed by atoms with Crippen LogP contribution < -0.4 is 10.6 Å². The Labute approximate surface area is 205 Å². The van der Waals surface area contributed by atoms with Gasteiger partial charge in [-0.15, -0.1) is 5.10 Å². The Morgan fingerprint density at radius 2 is 1.66 bits per heavy atom. The van der Waals surface area contributed by atoms with Crippen LogP contribution in [0.1, 0.15) is 37.8 Å². The van der Waals surface area contributed by atoms with Gasteiger partial charge in [0.2, 0.25) is 11.9 Å². The molecule has 2 N–H and O–H groups in total. The molecule has 0 radical (unpaired) electrons. The number of amides is 1. The molecule has 0 atom stereocenters. The lowest BCUT2D eigenvalue weighted by Crippen LogP contribution is -2.48. The molecule has 0 bridgehead atoms. The van der Waals surface area contributed by atoms with Crippen molar-refractivity contribution in [3.05, 3.63) is 65.7 Å². The van der Waals surface area contributed by atoms with Crippen LogP contribution in [0, 0.1) is 0 Å². The van der Waals surface area contributed by atoms with Crippen molar-refractivity contribution in [2.75, 3.05) is 36.8 Å². The van der Waals surface area contributed by atoms with Gasteiger partial charge in [0.15, 0.2) is 5.65 Å². The number of benzene rings is 2. The summed E-state index contributed by atoms with van der Waals surface area (Å²) in [5, 5.41) is 5.56. The molecule has 2 aromatic heterocycles. The molecule has 1 amide bonds. The molecule has 0 unspecified atom stereocenters. The first kappa shape index (κ1) is 22.8. The number of carbonyl (C=O) groups is 1. The summed E-state index contributed by atoms with van der Waals surface area (Å²) in [6, 6.07) is 18.6. The van der Waals surface area contributed by atoms with E-state index < -0.39 is 0 Å². The molecule has 3 heterocycles. The second kappa shape index (κ2) is 9.37. The molecule has 8 heteroatoms. The SMILES string of the molecule is CC(=O)N1CCN(c2nc(-c3ccc(C(C)C)cc3)c3c(N)n(Cc4ccccc4)nc3n2)CC1. The van der Waals surface area contributed by atoms with Gasteiger partial charge in [0.25, 0.3) is 0 Å². The fraction of sp³-hybridized carbons (Fsp3) is 0.333. The molecule has 0 saturated carbocycles. The van der Waals surface area contributed by atoms with E-state index in [9.17, 15) is 4.79 Å². The maximum absolute atomic E-state index is 11.8. The summed E-state index contributed by atoms with van der Waals surface area (Å²) in [7, 11) is 0. The maximum Gasteiger partial charge on any atom is 0.228 e. The molecule has 1 saturated heterocycles. The first-order valence-electron chi connectivity index (χ1n) is 12.1. The lowest BCUT2D eigenvalue weighted by atomic mass is 10.00. The van der Waals surface area contributed by atoms with E-state index in [2.05, 4.69) is 55.1 Å². The quantitative estimate of drug-likeness (QED) is 0.476. The third kappa shape index (κ3) is 4.56. The van der Waals surface area contributed by atoms with Crippen molar-refractivity contribution in [2.24, 2.45) is 0 Å². The monoisotopic (exact) mass is 469 g/mol. The number of hydrogen-bond donors (Lipinski definition) is 1. The molecule has 4 aromatic rings. The fourth-order valence-corrected chi connectivity index (χ4v) is 4.52. The first-order chi connectivity index (χ1) is 16.9. The van der Waals surface area contributed by atoms with E-state index in [1.165, 1.54) is 5.56 Å². The molecule has 1 aliphatic rings. The average Bonchev–Trinajstić information content (AvgIpc) is 3.19. The van der Waals surface area contributed by atoms with Crippen molar-refractivity contribution >= 4 is 28.7 Å². The highest BCUT2D eigenvalue weighted by molar-refractivity contribution is 5.99. The van der Waals surface area contributed by atoms with Gasteiger partial charge in [0.05, 0.1) is 17.6 Å². The van der Waals surface area contributed by atoms with Gasteiger partial charge in [-0.1, -0.05) is 68.4 Å². The van der Waals surface area contributed by atoms with E-state index in [0.717, 1.165) is 22.2 Å². The Balaban J connectivity index is 1.59. The van der Waals surface area contributed by atoms with Crippen molar-refractivity contribution in [1.82, 2.24) is 24.6 Å². The molecule has 180 valence electrons. The van der Waals surface area contributed by atoms with Gasteiger partial charge in [-0.3, -0.25) is 4.79 Å². The lowest BCUT2D eigenvalue weighted by molar-refractivity contribution is -0.129. The molecular weight excluding hydrogens is 438 g/mol. The number of nitrogens with zero attached hydrogens (tertiary/aromatic N) is 6. The Morgan fingerprint density at radius 1 is 0.971 bits per heavy atom. The van der Waals surface area contributed by atoms with Crippen molar-refractivity contribution in [1.29, 1.82) is 0 Å². The van der Waals surface area contributed by atoms with E-state index in [-0.39, 0.29) is 5.91 Å². The molecular formula is C27H31N7O. The molecule has 5 rings (SSSR count). The summed E-state index contributed by atoms with van der Waals surface area (Å²) in [6.07, 6.45) is 0. The third-order valence-electron chi connectivity index (χ3n) is 6.66. The van der Waals surface area contributed by atoms with Gasteiger partial charge in [-0.25, -0.2) is 9.67 Å². The second-order valence-electron chi connectivity index (χ2n) is 9.37. The third-order valence-corrected chi connectivity index (χ3v) is 6.66. The Kier molecular flexibility index (Phi) is 6.11. The van der Waals surface area contributed by atoms with E-state index >= 15 is 0 Å². The minimum atomic E-state index is 0.0966. The molecule has 2 aromatic carbocycles. The van der Waals surface area contributed by atoms with Crippen molar-refractivity contribution < 1.29 is 4.79 Å². The number of rotatable bonds is 5. The van der Waals surface area contributed by atoms with E-state index in [4.69, 9.17) is 20.8 Å². The van der Waals surface area contributed by atoms with Crippen LogP contribution in [0.4, 0.5) is 11.8 Å². The van der Waals surface area contributed by atoms with Crippen molar-refractivity contribution in [2.45, 2.75) is 33.2 Å². The van der Waals surface area contributed by atoms with Crippen LogP contribution in [0.3, 0.4) is 0 Å². The van der Waals surface area contributed by atoms with Gasteiger partial charge in [0, 0.05) is 38.7 Å². The highest BCUT2D eigenvalue weighted by Crippen LogP contribution is 2.33. The topological polar surface area (TPSA) is 93.2 Å². The summed E-state index contributed by atoms with van der Waals surface area (Å²) in [4.78, 5) is 25.6. The van der Waals surface area contributed by atoms with Crippen LogP contribution in [0.25, 0.3) is 22.3 Å². The van der Waals surface area contributed by atoms with E-state index in [1.807, 2.05) is 23.1 Å². The minimum absolute atomic E-state index is 0.0966. The molecule has 8 nitrogen and oxygen atoms in total. The summed E-state index contributed by atoms with van der Waals surface area (Å²) in [6.45, 7) is 9.19. The van der Waals surface area contributed by atoms with Crippen LogP contribution in [0.5, 0.6) is 0 Å². The summed E-state index contributed by atoms with van der Waals surface area (Å²) in [5.74, 6) is 1.72. The van der Waals surface area contributed by atoms with Gasteiger partial charge < -0.3 is 15.5 Å². The number of anilines is 2. The summed E-state index contributed by atoms with van der Waals surface area (Å²) in [5.41, 5.74) is 11.4. The van der Waals surface area contributed by atoms with Crippen LogP contribution in [0.2, 0.25) is 0 Å². The van der Waals surface area contributed by atoms with Crippen molar-refractivity contribution in [3.8, 4) is 11.3 Å². The lowest BCUT2D eigenvalue weighted by Gasteiger charge is -2.34. The van der Waals surface area contributed by atoms with E-state index in [1.54, 1.807) is 11.6 Å². The summed E-state index contributed by atoms with van der Waals surface area (Å²) < 4.78 is 1.80. The van der Waals surface area contributed by atoms with Crippen LogP contribution in [-0.4, -0.2) is 56.7 Å². The Bertz CT molecular complexity index is 1340. The number of aromatic nitrogens is 4. The summed E-state index contributed by atoms with van der Waals surface area (Å²) >= 11 is 0. The Morgan fingerprint density at radius 3 is 2.29 bits per heavy atom. The van der Waals surface area contributed by atoms with Gasteiger partial charge in [-0.05, 0) is 17.0 Å². The van der Waals surface area contributed by atoms with Crippen LogP contribution in [0.15, 0.2) is 54.6 Å². The number of carbonyl (C=O) groups excluding carboxylic acids is 1. The number of nitrogen functional groups attached to an aromatic ring is 1. The standard InChI is InChI=1S/C27H31N7O/c1-18(2)21-9-11-22(12-10-21)24-23-25(28)34(17-20-7-5-4-6-8-20)31-26(23)30-27(29-24)33-15-13-32(14-16-33)19(3)35/h4-12,18H,13-17,28H2,1-3H3. The average molecular weight is 470 g/mol. The van der Waals surface area contributed by atoms with E-state index in [0.29, 0.717) is 56.1 Å². The number of piperazine rings is 1. The molecule has 0 aliphatic carbocycles. The Hall–Kier alpha value is -3.94. The molecule has 1 fully saturated rings. The smallest absolute Gasteiger partial charge is 0.228 e. The van der Waals surface area contributed by atoms with Crippen molar-refractivity contribution in [3.63, 3.8) is 0 Å². The predicted octanol–water partition coefficient (Wildman–Crippen LogP) is 3.92. The highest BCUT2D eigenvalue weighted by atomic mass is 16.2. The van der Waals surface area contributed by atoms with Gasteiger partial charge in [0.1, 0.15) is 5.82 Å². The van der Waals surface area contributed by atoms with Crippen LogP contribution in [-0.2, 0) is 11.3 Å². The second-order valence-corrected chi connectivity index (χ2v) is 9.37. The normalized spacial score (nSPS) is 14.2. The van der Waals surface area contributed by atoms with Gasteiger partial charge in [-0.2, -0.15) is 4.98 Å². The predicted molar refractivity (Wildman–Crippen MR) is 139 cm³/mol. The minimum Gasteiger partial charge on any atom is -0.383 e. The zero-order valence-corrected chi connectivity index (χ0v) is 20.5. The number of nitrogens with two attached hydrogens (primary N) is 1. The fourth-order valence-electron chi connectivity index (χ4n) is 4.52.